The molecule has 2 aliphatic rings. The number of imidazole rings is 1. The Morgan fingerprint density at radius 1 is 0.936 bits per heavy atom. The van der Waals surface area contributed by atoms with Crippen LogP contribution in [-0.4, -0.2) is 73.4 Å². The zero-order valence-corrected chi connectivity index (χ0v) is 27.0. The summed E-state index contributed by atoms with van der Waals surface area (Å²) in [6, 6.07) is 9.56. The first-order valence-electron chi connectivity index (χ1n) is 15.5. The van der Waals surface area contributed by atoms with Crippen molar-refractivity contribution in [2.24, 2.45) is 11.8 Å². The topological polar surface area (TPSA) is 132 Å². The van der Waals surface area contributed by atoms with Crippen LogP contribution in [0.15, 0.2) is 36.4 Å². The van der Waals surface area contributed by atoms with Gasteiger partial charge in [-0.05, 0) is 67.9 Å². The van der Waals surface area contributed by atoms with Crippen LogP contribution in [0.5, 0.6) is 0 Å². The molecule has 15 heteroatoms. The molecule has 0 bridgehead atoms. The van der Waals surface area contributed by atoms with E-state index in [9.17, 15) is 32.9 Å². The van der Waals surface area contributed by atoms with Gasteiger partial charge in [-0.1, -0.05) is 0 Å². The first-order chi connectivity index (χ1) is 22.3. The van der Waals surface area contributed by atoms with Crippen LogP contribution in [-0.2, 0) is 31.8 Å². The Balaban J connectivity index is 0.000000215. The van der Waals surface area contributed by atoms with E-state index in [1.165, 1.54) is 40.3 Å². The third kappa shape index (κ3) is 9.19. The Labute approximate surface area is 271 Å². The lowest BCUT2D eigenvalue weighted by Crippen LogP contribution is -2.24. The minimum atomic E-state index is -4.53. The van der Waals surface area contributed by atoms with Gasteiger partial charge in [0.15, 0.2) is 0 Å². The zero-order valence-electron chi connectivity index (χ0n) is 27.0. The molecule has 1 aromatic heterocycles. The maximum Gasteiger partial charge on any atom is 0.449 e. The number of benzene rings is 2. The molecule has 2 aromatic carbocycles. The largest absolute Gasteiger partial charge is 0.449 e. The van der Waals surface area contributed by atoms with Gasteiger partial charge in [0, 0.05) is 79.2 Å². The van der Waals surface area contributed by atoms with Crippen molar-refractivity contribution in [2.75, 3.05) is 62.2 Å². The van der Waals surface area contributed by atoms with E-state index in [0.717, 1.165) is 38.9 Å². The molecule has 12 nitrogen and oxygen atoms in total. The van der Waals surface area contributed by atoms with Crippen LogP contribution in [0.2, 0.25) is 0 Å². The van der Waals surface area contributed by atoms with E-state index in [1.54, 1.807) is 38.4 Å². The van der Waals surface area contributed by atoms with Gasteiger partial charge in [-0.25, -0.2) is 4.98 Å². The molecule has 5 rings (SSSR count). The fourth-order valence-corrected chi connectivity index (χ4v) is 5.51. The van der Waals surface area contributed by atoms with E-state index in [-0.39, 0.29) is 35.5 Å². The molecule has 256 valence electrons. The minimum absolute atomic E-state index is 0.0161. The summed E-state index contributed by atoms with van der Waals surface area (Å²) in [5.74, 6) is -0.661. The fourth-order valence-electron chi connectivity index (χ4n) is 5.51. The van der Waals surface area contributed by atoms with Gasteiger partial charge in [0.25, 0.3) is 5.69 Å². The molecule has 0 unspecified atom stereocenters. The second kappa shape index (κ2) is 15.6. The minimum Gasteiger partial charge on any atom is -0.381 e. The van der Waals surface area contributed by atoms with Gasteiger partial charge in [0.1, 0.15) is 5.69 Å². The number of aromatic nitrogens is 2. The van der Waals surface area contributed by atoms with E-state index in [1.807, 2.05) is 0 Å². The SMILES string of the molecule is CC(=O)N(C)c1ccc(NCC2CCOCC2)c([N+](=O)[O-])c1.CC(=O)N(C)c1ccc2c(c1)nc(C(F)(F)F)n2CC1CCOCC1. The monoisotopic (exact) mass is 662 g/mol. The van der Waals surface area contributed by atoms with Crippen molar-refractivity contribution in [1.82, 2.24) is 9.55 Å². The number of fused-ring (bicyclic) bond motifs is 1. The lowest BCUT2D eigenvalue weighted by atomic mass is 10.0. The van der Waals surface area contributed by atoms with E-state index < -0.39 is 16.9 Å². The Hall–Kier alpha value is -4.24. The molecule has 0 spiro atoms. The summed E-state index contributed by atoms with van der Waals surface area (Å²) in [7, 11) is 3.17. The van der Waals surface area contributed by atoms with Gasteiger partial charge >= 0.3 is 6.18 Å². The average molecular weight is 663 g/mol. The lowest BCUT2D eigenvalue weighted by molar-refractivity contribution is -0.383. The van der Waals surface area contributed by atoms with E-state index in [2.05, 4.69) is 10.3 Å². The molecule has 2 aliphatic heterocycles. The molecule has 2 amide bonds. The molecule has 3 aromatic rings. The highest BCUT2D eigenvalue weighted by Gasteiger charge is 2.38. The number of nitro groups is 1. The maximum absolute atomic E-state index is 13.5. The molecule has 2 saturated heterocycles. The normalized spacial score (nSPS) is 15.9. The first-order valence-corrected chi connectivity index (χ1v) is 15.5. The Morgan fingerprint density at radius 2 is 1.47 bits per heavy atom. The van der Waals surface area contributed by atoms with Gasteiger partial charge in [-0.2, -0.15) is 13.2 Å². The van der Waals surface area contributed by atoms with E-state index in [4.69, 9.17) is 9.47 Å². The van der Waals surface area contributed by atoms with Crippen molar-refractivity contribution in [3.8, 4) is 0 Å². The van der Waals surface area contributed by atoms with Crippen molar-refractivity contribution in [2.45, 2.75) is 52.3 Å². The lowest BCUT2D eigenvalue weighted by Gasteiger charge is -2.24. The van der Waals surface area contributed by atoms with Crippen LogP contribution in [0.25, 0.3) is 11.0 Å². The molecule has 2 fully saturated rings. The number of alkyl halides is 3. The van der Waals surface area contributed by atoms with Crippen molar-refractivity contribution in [3.63, 3.8) is 0 Å². The molecule has 0 saturated carbocycles. The third-order valence-electron chi connectivity index (χ3n) is 8.59. The molecular weight excluding hydrogens is 621 g/mol. The predicted molar refractivity (Wildman–Crippen MR) is 172 cm³/mol. The average Bonchev–Trinajstić information content (AvgIpc) is 3.42. The Kier molecular flexibility index (Phi) is 11.8. The molecule has 1 N–H and O–H groups in total. The van der Waals surface area contributed by atoms with Gasteiger partial charge in [-0.3, -0.25) is 19.7 Å². The molecule has 47 heavy (non-hydrogen) atoms. The summed E-state index contributed by atoms with van der Waals surface area (Å²) >= 11 is 0. The van der Waals surface area contributed by atoms with Gasteiger partial charge in [0.05, 0.1) is 21.6 Å². The van der Waals surface area contributed by atoms with Crippen LogP contribution in [0.3, 0.4) is 0 Å². The van der Waals surface area contributed by atoms with Crippen molar-refractivity contribution in [3.05, 3.63) is 52.3 Å². The number of anilines is 3. The molecule has 0 aliphatic carbocycles. The zero-order chi connectivity index (χ0) is 34.3. The fraction of sp³-hybridized carbons (Fsp3) is 0.531. The van der Waals surface area contributed by atoms with E-state index in [0.29, 0.717) is 48.3 Å². The Morgan fingerprint density at radius 3 is 2.00 bits per heavy atom. The summed E-state index contributed by atoms with van der Waals surface area (Å²) < 4.78 is 52.2. The predicted octanol–water partition coefficient (Wildman–Crippen LogP) is 5.88. The molecule has 0 atom stereocenters. The highest BCUT2D eigenvalue weighted by atomic mass is 19.4. The van der Waals surface area contributed by atoms with Crippen molar-refractivity contribution < 1.29 is 37.2 Å². The van der Waals surface area contributed by atoms with Gasteiger partial charge < -0.3 is 29.2 Å². The first kappa shape index (κ1) is 35.6. The number of rotatable bonds is 8. The van der Waals surface area contributed by atoms with Crippen LogP contribution in [0, 0.1) is 22.0 Å². The van der Waals surface area contributed by atoms with Crippen LogP contribution < -0.4 is 15.1 Å². The number of amides is 2. The van der Waals surface area contributed by atoms with Gasteiger partial charge in [0.2, 0.25) is 17.6 Å². The Bertz CT molecular complexity index is 1570. The summed E-state index contributed by atoms with van der Waals surface area (Å²) in [5, 5.41) is 14.4. The summed E-state index contributed by atoms with van der Waals surface area (Å²) in [4.78, 5) is 40.3. The highest BCUT2D eigenvalue weighted by Crippen LogP contribution is 2.34. The van der Waals surface area contributed by atoms with Crippen LogP contribution in [0.4, 0.5) is 35.9 Å². The molecular formula is C32H41F3N6O6. The van der Waals surface area contributed by atoms with Crippen molar-refractivity contribution in [1.29, 1.82) is 0 Å². The van der Waals surface area contributed by atoms with Crippen LogP contribution >= 0.6 is 0 Å². The van der Waals surface area contributed by atoms with E-state index >= 15 is 0 Å². The highest BCUT2D eigenvalue weighted by molar-refractivity contribution is 5.93. The maximum atomic E-state index is 13.5. The number of nitrogens with zero attached hydrogens (tertiary/aromatic N) is 5. The van der Waals surface area contributed by atoms with Gasteiger partial charge in [-0.15, -0.1) is 0 Å². The number of nitro benzene ring substituents is 1. The number of ether oxygens (including phenoxy) is 2. The third-order valence-corrected chi connectivity index (χ3v) is 8.59. The number of carbonyl (C=O) groups excluding carboxylic acids is 2. The quantitative estimate of drug-likeness (QED) is 0.234. The second-order valence-electron chi connectivity index (χ2n) is 11.8. The summed E-state index contributed by atoms with van der Waals surface area (Å²) in [6.45, 7) is 6.41. The van der Waals surface area contributed by atoms with Crippen molar-refractivity contribution >= 4 is 45.6 Å². The summed E-state index contributed by atoms with van der Waals surface area (Å²) in [5.41, 5.74) is 2.17. The number of hydrogen-bond donors (Lipinski definition) is 1. The smallest absolute Gasteiger partial charge is 0.381 e. The number of halogens is 3. The second-order valence-corrected chi connectivity index (χ2v) is 11.8. The number of carbonyl (C=O) groups is 2. The number of hydrogen-bond acceptors (Lipinski definition) is 8. The molecule has 3 heterocycles. The standard InChI is InChI=1S/C17H20F3N3O2.C15H21N3O4/c1-11(24)22(2)13-3-4-15-14(9-13)21-16(17(18,19)20)23(15)10-12-5-7-25-8-6-12;1-11(19)17(2)13-3-4-14(15(9-13)18(20)21)16-10-12-5-7-22-8-6-12/h3-4,9,12H,5-8,10H2,1-2H3;3-4,9,12,16H,5-8,10H2,1-2H3. The number of nitrogens with one attached hydrogen (secondary N) is 1. The summed E-state index contributed by atoms with van der Waals surface area (Å²) in [6.07, 6.45) is -1.13. The van der Waals surface area contributed by atoms with Crippen LogP contribution in [0.1, 0.15) is 45.4 Å². The molecule has 0 radical (unpaired) electrons.